The summed E-state index contributed by atoms with van der Waals surface area (Å²) in [6.45, 7) is 15.3. The van der Waals surface area contributed by atoms with Gasteiger partial charge < -0.3 is 5.32 Å². The normalized spacial score (nSPS) is 25.2. The Morgan fingerprint density at radius 3 is 1.95 bits per heavy atom. The molecule has 0 aliphatic heterocycles. The summed E-state index contributed by atoms with van der Waals surface area (Å²) in [7, 11) is 0. The molecule has 2 nitrogen and oxygen atoms in total. The zero-order chi connectivity index (χ0) is 15.0. The Morgan fingerprint density at radius 2 is 1.45 bits per heavy atom. The second-order valence-electron chi connectivity index (χ2n) is 7.46. The Bertz CT molecular complexity index is 228. The second kappa shape index (κ2) is 9.78. The maximum atomic E-state index is 3.79. The van der Waals surface area contributed by atoms with Crippen molar-refractivity contribution in [3.8, 4) is 0 Å². The molecular formula is C18H38N2. The fraction of sp³-hybridized carbons (Fsp3) is 1.00. The van der Waals surface area contributed by atoms with E-state index in [4.69, 9.17) is 0 Å². The molecule has 1 fully saturated rings. The fourth-order valence-electron chi connectivity index (χ4n) is 3.69. The van der Waals surface area contributed by atoms with Crippen molar-refractivity contribution >= 4 is 0 Å². The summed E-state index contributed by atoms with van der Waals surface area (Å²) >= 11 is 0. The highest BCUT2D eigenvalue weighted by Gasteiger charge is 2.28. The molecule has 0 aromatic heterocycles. The summed E-state index contributed by atoms with van der Waals surface area (Å²) in [6.07, 6.45) is 8.45. The van der Waals surface area contributed by atoms with E-state index in [1.807, 2.05) is 0 Å². The van der Waals surface area contributed by atoms with E-state index in [0.717, 1.165) is 24.4 Å². The van der Waals surface area contributed by atoms with Crippen LogP contribution in [0.2, 0.25) is 0 Å². The number of hydrogen-bond acceptors (Lipinski definition) is 2. The van der Waals surface area contributed by atoms with Crippen LogP contribution in [-0.2, 0) is 0 Å². The van der Waals surface area contributed by atoms with Crippen molar-refractivity contribution in [3.63, 3.8) is 0 Å². The molecule has 0 aromatic rings. The van der Waals surface area contributed by atoms with E-state index in [1.54, 1.807) is 0 Å². The first kappa shape index (κ1) is 18.0. The van der Waals surface area contributed by atoms with Gasteiger partial charge in [-0.15, -0.1) is 0 Å². The van der Waals surface area contributed by atoms with Gasteiger partial charge in [-0.25, -0.2) is 0 Å². The quantitative estimate of drug-likeness (QED) is 0.749. The molecule has 2 heteroatoms. The number of rotatable bonds is 7. The minimum absolute atomic E-state index is 0.706. The number of likely N-dealkylation sites (N-methyl/N-ethyl adjacent to an activating group) is 1. The smallest absolute Gasteiger partial charge is 0.0249 e. The van der Waals surface area contributed by atoms with Crippen molar-refractivity contribution in [2.45, 2.75) is 85.2 Å². The third-order valence-electron chi connectivity index (χ3n) is 4.36. The van der Waals surface area contributed by atoms with Crippen molar-refractivity contribution in [2.24, 2.45) is 11.8 Å². The van der Waals surface area contributed by atoms with E-state index in [1.165, 1.54) is 51.6 Å². The van der Waals surface area contributed by atoms with Crippen molar-refractivity contribution < 1.29 is 0 Å². The van der Waals surface area contributed by atoms with Crippen LogP contribution in [0.3, 0.4) is 0 Å². The van der Waals surface area contributed by atoms with Crippen LogP contribution in [0, 0.1) is 11.8 Å². The standard InChI is InChI=1S/C18H38N2/c1-6-19-17-11-9-7-8-10-12-18(17)20(13-15(2)3)14-16(4)5/h15-19H,6-14H2,1-5H3. The van der Waals surface area contributed by atoms with Crippen LogP contribution in [0.25, 0.3) is 0 Å². The highest BCUT2D eigenvalue weighted by molar-refractivity contribution is 4.86. The number of nitrogens with one attached hydrogen (secondary N) is 1. The van der Waals surface area contributed by atoms with E-state index in [0.29, 0.717) is 6.04 Å². The third kappa shape index (κ3) is 6.58. The molecule has 0 saturated heterocycles. The lowest BCUT2D eigenvalue weighted by molar-refractivity contribution is 0.107. The molecule has 20 heavy (non-hydrogen) atoms. The maximum absolute atomic E-state index is 3.79. The highest BCUT2D eigenvalue weighted by atomic mass is 15.2. The van der Waals surface area contributed by atoms with Crippen LogP contribution in [0.4, 0.5) is 0 Å². The summed E-state index contributed by atoms with van der Waals surface area (Å²) in [5, 5.41) is 3.79. The molecule has 1 saturated carbocycles. The van der Waals surface area contributed by atoms with E-state index >= 15 is 0 Å². The van der Waals surface area contributed by atoms with Crippen LogP contribution in [-0.4, -0.2) is 36.6 Å². The lowest BCUT2D eigenvalue weighted by Crippen LogP contribution is -2.52. The molecule has 0 amide bonds. The summed E-state index contributed by atoms with van der Waals surface area (Å²) in [5.41, 5.74) is 0. The van der Waals surface area contributed by atoms with Gasteiger partial charge in [0.05, 0.1) is 0 Å². The lowest BCUT2D eigenvalue weighted by Gasteiger charge is -2.40. The minimum atomic E-state index is 0.706. The van der Waals surface area contributed by atoms with Gasteiger partial charge in [0.15, 0.2) is 0 Å². The summed E-state index contributed by atoms with van der Waals surface area (Å²) in [4.78, 5) is 2.80. The monoisotopic (exact) mass is 282 g/mol. The Hall–Kier alpha value is -0.0800. The molecule has 1 N–H and O–H groups in total. The van der Waals surface area contributed by atoms with Crippen LogP contribution in [0.15, 0.2) is 0 Å². The van der Waals surface area contributed by atoms with Crippen LogP contribution in [0.5, 0.6) is 0 Å². The molecule has 2 atom stereocenters. The van der Waals surface area contributed by atoms with Gasteiger partial charge in [-0.05, 0) is 31.2 Å². The first-order valence-corrected chi connectivity index (χ1v) is 9.02. The van der Waals surface area contributed by atoms with Crippen molar-refractivity contribution in [1.82, 2.24) is 10.2 Å². The molecule has 1 rings (SSSR count). The highest BCUT2D eigenvalue weighted by Crippen LogP contribution is 2.23. The third-order valence-corrected chi connectivity index (χ3v) is 4.36. The van der Waals surface area contributed by atoms with Crippen LogP contribution < -0.4 is 5.32 Å². The van der Waals surface area contributed by atoms with Gasteiger partial charge in [0.2, 0.25) is 0 Å². The SMILES string of the molecule is CCNC1CCCCCCC1N(CC(C)C)CC(C)C. The Balaban J connectivity index is 2.77. The van der Waals surface area contributed by atoms with Gasteiger partial charge >= 0.3 is 0 Å². The first-order valence-electron chi connectivity index (χ1n) is 9.02. The molecular weight excluding hydrogens is 244 g/mol. The summed E-state index contributed by atoms with van der Waals surface area (Å²) in [5.74, 6) is 1.53. The minimum Gasteiger partial charge on any atom is -0.313 e. The van der Waals surface area contributed by atoms with Gasteiger partial charge in [-0.3, -0.25) is 4.90 Å². The molecule has 1 aliphatic carbocycles. The molecule has 2 unspecified atom stereocenters. The maximum Gasteiger partial charge on any atom is 0.0249 e. The number of nitrogens with zero attached hydrogens (tertiary/aromatic N) is 1. The van der Waals surface area contributed by atoms with Gasteiger partial charge in [0, 0.05) is 25.2 Å². The molecule has 0 bridgehead atoms. The average Bonchev–Trinajstić information content (AvgIpc) is 2.31. The molecule has 0 spiro atoms. The molecule has 0 heterocycles. The largest absolute Gasteiger partial charge is 0.313 e. The summed E-state index contributed by atoms with van der Waals surface area (Å²) < 4.78 is 0. The van der Waals surface area contributed by atoms with Crippen LogP contribution >= 0.6 is 0 Å². The summed E-state index contributed by atoms with van der Waals surface area (Å²) in [6, 6.07) is 1.46. The van der Waals surface area contributed by atoms with E-state index in [-0.39, 0.29) is 0 Å². The van der Waals surface area contributed by atoms with Crippen molar-refractivity contribution in [1.29, 1.82) is 0 Å². The Labute approximate surface area is 127 Å². The van der Waals surface area contributed by atoms with Gasteiger partial charge in [-0.1, -0.05) is 60.3 Å². The average molecular weight is 283 g/mol. The molecule has 0 aromatic carbocycles. The van der Waals surface area contributed by atoms with Gasteiger partial charge in [0.25, 0.3) is 0 Å². The fourth-order valence-corrected chi connectivity index (χ4v) is 3.69. The first-order chi connectivity index (χ1) is 9.54. The molecule has 0 radical (unpaired) electrons. The van der Waals surface area contributed by atoms with Crippen molar-refractivity contribution in [2.75, 3.05) is 19.6 Å². The predicted octanol–water partition coefficient (Wildman–Crippen LogP) is 4.30. The van der Waals surface area contributed by atoms with E-state index < -0.39 is 0 Å². The van der Waals surface area contributed by atoms with E-state index in [9.17, 15) is 0 Å². The van der Waals surface area contributed by atoms with Gasteiger partial charge in [0.1, 0.15) is 0 Å². The number of hydrogen-bond donors (Lipinski definition) is 1. The predicted molar refractivity (Wildman–Crippen MR) is 90.2 cm³/mol. The lowest BCUT2D eigenvalue weighted by atomic mass is 9.90. The van der Waals surface area contributed by atoms with E-state index in [2.05, 4.69) is 44.8 Å². The topological polar surface area (TPSA) is 15.3 Å². The van der Waals surface area contributed by atoms with Gasteiger partial charge in [-0.2, -0.15) is 0 Å². The molecule has 120 valence electrons. The Kier molecular flexibility index (Phi) is 8.79. The van der Waals surface area contributed by atoms with Crippen LogP contribution in [0.1, 0.15) is 73.1 Å². The van der Waals surface area contributed by atoms with Crippen molar-refractivity contribution in [3.05, 3.63) is 0 Å². The molecule has 1 aliphatic rings. The zero-order valence-corrected chi connectivity index (χ0v) is 14.6. The Morgan fingerprint density at radius 1 is 0.900 bits per heavy atom. The zero-order valence-electron chi connectivity index (χ0n) is 14.6. The second-order valence-corrected chi connectivity index (χ2v) is 7.46.